The highest BCUT2D eigenvalue weighted by molar-refractivity contribution is 8.08. The van der Waals surface area contributed by atoms with E-state index < -0.39 is 29.2 Å². The standard InChI is InChI=1S/C21H19N7O5S3/c1-2-8-33-26-13(16-25-21(22)36-27-16)17(29)24-14-18(30)28-15(20(31)32)12(10-35-19(14)28)34-9-6-11-5-3-4-7-23-11/h2-7,9,14,19H,1,8,10H2,(H,24,29)(H,31,32)(H2,22,25,27)/b9-6+,26-13?/t14?,19-/m1/s1. The highest BCUT2D eigenvalue weighted by Crippen LogP contribution is 2.43. The molecular formula is C21H19N7O5S3. The number of β-lactam (4-membered cyclic amide) rings is 1. The van der Waals surface area contributed by atoms with E-state index >= 15 is 0 Å². The monoisotopic (exact) mass is 545 g/mol. The molecule has 0 bridgehead atoms. The second kappa shape index (κ2) is 11.4. The summed E-state index contributed by atoms with van der Waals surface area (Å²) in [6, 6.07) is 4.49. The topological polar surface area (TPSA) is 173 Å². The van der Waals surface area contributed by atoms with Gasteiger partial charge in [0.15, 0.2) is 5.13 Å². The number of carbonyl (C=O) groups is 3. The maximum absolute atomic E-state index is 12.9. The van der Waals surface area contributed by atoms with Gasteiger partial charge in [-0.05, 0) is 23.6 Å². The molecule has 0 saturated carbocycles. The lowest BCUT2D eigenvalue weighted by atomic mass is 10.0. The molecule has 2 aliphatic heterocycles. The fourth-order valence-electron chi connectivity index (χ4n) is 3.22. The third-order valence-corrected chi connectivity index (χ3v) is 7.68. The van der Waals surface area contributed by atoms with Crippen molar-refractivity contribution in [2.75, 3.05) is 18.1 Å². The summed E-state index contributed by atoms with van der Waals surface area (Å²) in [4.78, 5) is 52.8. The molecule has 0 aliphatic carbocycles. The minimum Gasteiger partial charge on any atom is -0.477 e. The number of carboxylic acid groups (broad SMARTS) is 1. The summed E-state index contributed by atoms with van der Waals surface area (Å²) in [5.74, 6) is -2.25. The van der Waals surface area contributed by atoms with Gasteiger partial charge in [-0.2, -0.15) is 9.36 Å². The molecule has 2 amide bonds. The third-order valence-electron chi connectivity index (χ3n) is 4.78. The van der Waals surface area contributed by atoms with Crippen molar-refractivity contribution < 1.29 is 24.3 Å². The quantitative estimate of drug-likeness (QED) is 0.130. The van der Waals surface area contributed by atoms with Crippen LogP contribution in [0.15, 0.2) is 58.2 Å². The number of nitrogens with zero attached hydrogens (tertiary/aromatic N) is 5. The number of anilines is 1. The molecule has 0 spiro atoms. The van der Waals surface area contributed by atoms with Crippen LogP contribution in [0.1, 0.15) is 11.5 Å². The number of nitrogen functional groups attached to an aromatic ring is 1. The van der Waals surface area contributed by atoms with Crippen LogP contribution in [0.3, 0.4) is 0 Å². The third kappa shape index (κ3) is 5.42. The summed E-state index contributed by atoms with van der Waals surface area (Å²) in [6.07, 6.45) is 4.85. The van der Waals surface area contributed by atoms with E-state index in [0.717, 1.165) is 17.2 Å². The Morgan fingerprint density at radius 2 is 2.28 bits per heavy atom. The van der Waals surface area contributed by atoms with E-state index in [1.54, 1.807) is 23.7 Å². The van der Waals surface area contributed by atoms with E-state index in [0.29, 0.717) is 10.7 Å². The Labute approximate surface area is 217 Å². The van der Waals surface area contributed by atoms with Crippen LogP contribution < -0.4 is 11.1 Å². The highest BCUT2D eigenvalue weighted by atomic mass is 32.2. The number of nitrogens with one attached hydrogen (secondary N) is 1. The molecule has 4 rings (SSSR count). The van der Waals surface area contributed by atoms with Gasteiger partial charge in [-0.15, -0.1) is 11.8 Å². The molecule has 0 aromatic carbocycles. The second-order valence-electron chi connectivity index (χ2n) is 7.09. The van der Waals surface area contributed by atoms with Gasteiger partial charge in [-0.1, -0.05) is 35.6 Å². The van der Waals surface area contributed by atoms with E-state index in [4.69, 9.17) is 10.6 Å². The van der Waals surface area contributed by atoms with Crippen LogP contribution >= 0.6 is 35.1 Å². The predicted octanol–water partition coefficient (Wildman–Crippen LogP) is 1.52. The molecule has 2 aromatic rings. The Bertz CT molecular complexity index is 1280. The van der Waals surface area contributed by atoms with E-state index in [-0.39, 0.29) is 29.0 Å². The number of amides is 2. The van der Waals surface area contributed by atoms with Crippen LogP contribution in [-0.2, 0) is 19.2 Å². The number of carbonyl (C=O) groups excluding carboxylic acids is 2. The number of hydrogen-bond donors (Lipinski definition) is 3. The van der Waals surface area contributed by atoms with Crippen molar-refractivity contribution >= 4 is 69.8 Å². The Morgan fingerprint density at radius 1 is 1.44 bits per heavy atom. The van der Waals surface area contributed by atoms with Gasteiger partial charge in [0.1, 0.15) is 23.7 Å². The summed E-state index contributed by atoms with van der Waals surface area (Å²) >= 11 is 3.42. The fourth-order valence-corrected chi connectivity index (χ4v) is 6.00. The minimum absolute atomic E-state index is 0.0347. The van der Waals surface area contributed by atoms with Crippen molar-refractivity contribution in [1.29, 1.82) is 0 Å². The van der Waals surface area contributed by atoms with Gasteiger partial charge in [0.05, 0.1) is 5.69 Å². The molecule has 1 saturated heterocycles. The zero-order valence-electron chi connectivity index (χ0n) is 18.4. The first-order valence-electron chi connectivity index (χ1n) is 10.3. The lowest BCUT2D eigenvalue weighted by Gasteiger charge is -2.49. The van der Waals surface area contributed by atoms with Crippen LogP contribution in [0.4, 0.5) is 5.13 Å². The van der Waals surface area contributed by atoms with Crippen LogP contribution in [0.25, 0.3) is 6.08 Å². The molecule has 1 fully saturated rings. The summed E-state index contributed by atoms with van der Waals surface area (Å²) in [6.45, 7) is 3.54. The van der Waals surface area contributed by atoms with Gasteiger partial charge in [0.25, 0.3) is 11.8 Å². The average molecular weight is 546 g/mol. The van der Waals surface area contributed by atoms with Crippen molar-refractivity contribution in [2.45, 2.75) is 11.4 Å². The van der Waals surface area contributed by atoms with Gasteiger partial charge in [-0.25, -0.2) is 4.79 Å². The van der Waals surface area contributed by atoms with Crippen LogP contribution in [0, 0.1) is 0 Å². The Balaban J connectivity index is 1.49. The number of pyridine rings is 1. The Morgan fingerprint density at radius 3 is 2.94 bits per heavy atom. The maximum Gasteiger partial charge on any atom is 0.353 e. The number of thioether (sulfide) groups is 2. The largest absolute Gasteiger partial charge is 0.477 e. The predicted molar refractivity (Wildman–Crippen MR) is 138 cm³/mol. The second-order valence-corrected chi connectivity index (χ2v) is 9.98. The number of nitrogens with two attached hydrogens (primary N) is 1. The van der Waals surface area contributed by atoms with Crippen molar-refractivity contribution in [3.8, 4) is 0 Å². The van der Waals surface area contributed by atoms with E-state index in [1.165, 1.54) is 34.5 Å². The first-order valence-corrected chi connectivity index (χ1v) is 13.0. The minimum atomic E-state index is -1.23. The van der Waals surface area contributed by atoms with Gasteiger partial charge >= 0.3 is 5.97 Å². The number of fused-ring (bicyclic) bond motifs is 1. The van der Waals surface area contributed by atoms with Gasteiger partial charge in [0.2, 0.25) is 11.5 Å². The van der Waals surface area contributed by atoms with Crippen molar-refractivity contribution in [3.05, 3.63) is 64.6 Å². The molecule has 2 aromatic heterocycles. The first-order chi connectivity index (χ1) is 17.4. The number of carboxylic acids is 1. The summed E-state index contributed by atoms with van der Waals surface area (Å²) in [5.41, 5.74) is 5.96. The lowest BCUT2D eigenvalue weighted by Crippen LogP contribution is -2.71. The number of rotatable bonds is 10. The zero-order valence-corrected chi connectivity index (χ0v) is 20.9. The lowest BCUT2D eigenvalue weighted by molar-refractivity contribution is -0.150. The SMILES string of the molecule is C=CCON=C(C(=O)NC1C(=O)N2C(C(=O)O)=C(S/C=C/c3ccccn3)CS[C@H]12)c1nsc(N)n1. The molecular weight excluding hydrogens is 526 g/mol. The van der Waals surface area contributed by atoms with E-state index in [9.17, 15) is 19.5 Å². The van der Waals surface area contributed by atoms with Crippen molar-refractivity contribution in [1.82, 2.24) is 24.6 Å². The molecule has 36 heavy (non-hydrogen) atoms. The summed E-state index contributed by atoms with van der Waals surface area (Å²) in [7, 11) is 0. The molecule has 2 aliphatic rings. The number of aromatic nitrogens is 3. The smallest absolute Gasteiger partial charge is 0.353 e. The Hall–Kier alpha value is -3.69. The zero-order chi connectivity index (χ0) is 25.7. The summed E-state index contributed by atoms with van der Waals surface area (Å²) in [5, 5.41) is 17.4. The van der Waals surface area contributed by atoms with Crippen molar-refractivity contribution in [2.24, 2.45) is 5.16 Å². The van der Waals surface area contributed by atoms with Gasteiger partial charge in [-0.3, -0.25) is 19.5 Å². The van der Waals surface area contributed by atoms with Gasteiger partial charge in [0, 0.05) is 28.4 Å². The molecule has 2 atom stereocenters. The molecule has 15 heteroatoms. The van der Waals surface area contributed by atoms with Crippen LogP contribution in [0.5, 0.6) is 0 Å². The van der Waals surface area contributed by atoms with Crippen LogP contribution in [-0.4, -0.2) is 71.6 Å². The molecule has 1 unspecified atom stereocenters. The summed E-state index contributed by atoms with van der Waals surface area (Å²) < 4.78 is 3.97. The van der Waals surface area contributed by atoms with Crippen LogP contribution in [0.2, 0.25) is 0 Å². The average Bonchev–Trinajstić information content (AvgIpc) is 3.30. The first kappa shape index (κ1) is 25.4. The molecule has 186 valence electrons. The normalized spacial score (nSPS) is 19.6. The van der Waals surface area contributed by atoms with E-state index in [2.05, 4.69) is 31.4 Å². The molecule has 4 heterocycles. The van der Waals surface area contributed by atoms with Gasteiger partial charge < -0.3 is 21.0 Å². The highest BCUT2D eigenvalue weighted by Gasteiger charge is 2.54. The number of aliphatic carboxylic acids is 1. The maximum atomic E-state index is 12.9. The molecule has 12 nitrogen and oxygen atoms in total. The Kier molecular flexibility index (Phi) is 8.02. The number of hydrogen-bond acceptors (Lipinski definition) is 12. The number of oxime groups is 1. The molecule has 0 radical (unpaired) electrons. The van der Waals surface area contributed by atoms with E-state index in [1.807, 2.05) is 12.1 Å². The molecule has 4 N–H and O–H groups in total. The fraction of sp³-hybridized carbons (Fsp3) is 0.190. The van der Waals surface area contributed by atoms with Crippen molar-refractivity contribution in [3.63, 3.8) is 0 Å².